The molecule has 1 fully saturated rings. The monoisotopic (exact) mass is 367 g/mol. The van der Waals surface area contributed by atoms with E-state index < -0.39 is 0 Å². The summed E-state index contributed by atoms with van der Waals surface area (Å²) in [4.78, 5) is 17.3. The molecule has 5 nitrogen and oxygen atoms in total. The number of amides is 1. The average molecular weight is 367 g/mol. The zero-order valence-electron chi connectivity index (χ0n) is 16.7. The molecular formula is C22H29N3O2. The fourth-order valence-corrected chi connectivity index (χ4v) is 3.52. The molecule has 1 aliphatic rings. The third-order valence-corrected chi connectivity index (χ3v) is 5.52. The number of methoxy groups -OCH3 is 1. The first-order chi connectivity index (χ1) is 13.0. The van der Waals surface area contributed by atoms with Gasteiger partial charge in [-0.2, -0.15) is 0 Å². The van der Waals surface area contributed by atoms with Crippen LogP contribution >= 0.6 is 0 Å². The van der Waals surface area contributed by atoms with Crippen molar-refractivity contribution in [3.8, 4) is 5.75 Å². The minimum Gasteiger partial charge on any atom is -0.497 e. The number of benzene rings is 2. The van der Waals surface area contributed by atoms with Crippen LogP contribution in [0.4, 0.5) is 11.4 Å². The third-order valence-electron chi connectivity index (χ3n) is 5.52. The first-order valence-corrected chi connectivity index (χ1v) is 9.49. The Morgan fingerprint density at radius 2 is 1.70 bits per heavy atom. The number of nitrogens with one attached hydrogen (secondary N) is 1. The molecule has 0 unspecified atom stereocenters. The van der Waals surface area contributed by atoms with Gasteiger partial charge in [0.2, 0.25) is 5.91 Å². The summed E-state index contributed by atoms with van der Waals surface area (Å²) in [6.45, 7) is 9.94. The van der Waals surface area contributed by atoms with E-state index in [4.69, 9.17) is 4.74 Å². The maximum Gasteiger partial charge on any atom is 0.241 e. The summed E-state index contributed by atoms with van der Waals surface area (Å²) in [5.41, 5.74) is 4.77. The Labute approximate surface area is 161 Å². The molecule has 0 aliphatic carbocycles. The zero-order chi connectivity index (χ0) is 19.4. The van der Waals surface area contributed by atoms with Crippen LogP contribution in [-0.4, -0.2) is 50.1 Å². The molecule has 1 saturated heterocycles. The minimum absolute atomic E-state index is 0.0281. The van der Waals surface area contributed by atoms with Crippen molar-refractivity contribution < 1.29 is 9.53 Å². The molecule has 27 heavy (non-hydrogen) atoms. The van der Waals surface area contributed by atoms with Crippen LogP contribution in [0.1, 0.15) is 18.1 Å². The van der Waals surface area contributed by atoms with E-state index in [-0.39, 0.29) is 11.9 Å². The molecule has 0 saturated carbocycles. The van der Waals surface area contributed by atoms with Gasteiger partial charge in [-0.1, -0.05) is 12.1 Å². The van der Waals surface area contributed by atoms with E-state index in [9.17, 15) is 4.79 Å². The van der Waals surface area contributed by atoms with E-state index in [1.807, 2.05) is 31.2 Å². The van der Waals surface area contributed by atoms with Gasteiger partial charge in [-0.25, -0.2) is 0 Å². The number of nitrogens with zero attached hydrogens (tertiary/aromatic N) is 2. The van der Waals surface area contributed by atoms with Crippen molar-refractivity contribution in [2.45, 2.75) is 26.8 Å². The number of rotatable bonds is 5. The van der Waals surface area contributed by atoms with E-state index in [2.05, 4.69) is 47.2 Å². The van der Waals surface area contributed by atoms with E-state index in [1.165, 1.54) is 16.8 Å². The number of hydrogen-bond acceptors (Lipinski definition) is 4. The number of ether oxygens (including phenoxy) is 1. The number of carbonyl (C=O) groups excluding carboxylic acids is 1. The van der Waals surface area contributed by atoms with Crippen molar-refractivity contribution in [1.29, 1.82) is 0 Å². The normalized spacial score (nSPS) is 16.1. The van der Waals surface area contributed by atoms with E-state index >= 15 is 0 Å². The van der Waals surface area contributed by atoms with Crippen molar-refractivity contribution in [3.63, 3.8) is 0 Å². The van der Waals surface area contributed by atoms with E-state index in [0.29, 0.717) is 0 Å². The van der Waals surface area contributed by atoms with Gasteiger partial charge in [0.15, 0.2) is 0 Å². The molecule has 1 atom stereocenters. The third kappa shape index (κ3) is 4.42. The van der Waals surface area contributed by atoms with Gasteiger partial charge in [0.05, 0.1) is 13.2 Å². The predicted octanol–water partition coefficient (Wildman–Crippen LogP) is 3.46. The van der Waals surface area contributed by atoms with Gasteiger partial charge < -0.3 is 15.0 Å². The van der Waals surface area contributed by atoms with Gasteiger partial charge in [0.25, 0.3) is 0 Å². The van der Waals surface area contributed by atoms with Crippen molar-refractivity contribution in [2.75, 3.05) is 43.5 Å². The minimum atomic E-state index is -0.159. The van der Waals surface area contributed by atoms with Crippen LogP contribution in [0.15, 0.2) is 42.5 Å². The molecule has 2 aromatic rings. The summed E-state index contributed by atoms with van der Waals surface area (Å²) in [5.74, 6) is 0.809. The molecule has 144 valence electrons. The lowest BCUT2D eigenvalue weighted by atomic mass is 10.1. The van der Waals surface area contributed by atoms with Crippen LogP contribution in [0, 0.1) is 13.8 Å². The maximum absolute atomic E-state index is 12.6. The van der Waals surface area contributed by atoms with Gasteiger partial charge in [0.1, 0.15) is 5.75 Å². The first kappa shape index (κ1) is 19.2. The van der Waals surface area contributed by atoms with Crippen LogP contribution in [0.5, 0.6) is 5.75 Å². The van der Waals surface area contributed by atoms with Crippen LogP contribution in [0.2, 0.25) is 0 Å². The fourth-order valence-electron chi connectivity index (χ4n) is 3.52. The lowest BCUT2D eigenvalue weighted by molar-refractivity contribution is -0.120. The van der Waals surface area contributed by atoms with Gasteiger partial charge in [-0.05, 0) is 62.2 Å². The van der Waals surface area contributed by atoms with Crippen LogP contribution < -0.4 is 15.0 Å². The first-order valence-electron chi connectivity index (χ1n) is 9.49. The Morgan fingerprint density at radius 1 is 1.04 bits per heavy atom. The second-order valence-electron chi connectivity index (χ2n) is 7.14. The lowest BCUT2D eigenvalue weighted by Crippen LogP contribution is -2.53. The topological polar surface area (TPSA) is 44.8 Å². The molecule has 1 aliphatic heterocycles. The predicted molar refractivity (Wildman–Crippen MR) is 111 cm³/mol. The van der Waals surface area contributed by atoms with Crippen LogP contribution in [0.3, 0.4) is 0 Å². The summed E-state index contributed by atoms with van der Waals surface area (Å²) in [6, 6.07) is 13.7. The standard InChI is InChI=1S/C22H29N3O2/c1-16-6-5-7-21(17(16)2)25-14-12-24(13-15-25)18(3)22(26)23-19-8-10-20(27-4)11-9-19/h5-11,18H,12-15H2,1-4H3,(H,23,26)/t18-/m0/s1. The highest BCUT2D eigenvalue weighted by Crippen LogP contribution is 2.24. The molecule has 0 bridgehead atoms. The van der Waals surface area contributed by atoms with Crippen molar-refractivity contribution in [3.05, 3.63) is 53.6 Å². The molecule has 2 aromatic carbocycles. The Morgan fingerprint density at radius 3 is 2.33 bits per heavy atom. The van der Waals surface area contributed by atoms with Gasteiger partial charge >= 0.3 is 0 Å². The molecule has 0 radical (unpaired) electrons. The molecule has 3 rings (SSSR count). The van der Waals surface area contributed by atoms with Gasteiger partial charge in [-0.3, -0.25) is 9.69 Å². The van der Waals surface area contributed by atoms with E-state index in [0.717, 1.165) is 37.6 Å². The molecule has 0 aromatic heterocycles. The lowest BCUT2D eigenvalue weighted by Gasteiger charge is -2.39. The second kappa shape index (κ2) is 8.44. The molecule has 1 amide bonds. The summed E-state index contributed by atoms with van der Waals surface area (Å²) in [6.07, 6.45) is 0. The molecule has 1 N–H and O–H groups in total. The molecule has 1 heterocycles. The van der Waals surface area contributed by atoms with Crippen LogP contribution in [0.25, 0.3) is 0 Å². The fraction of sp³-hybridized carbons (Fsp3) is 0.409. The Bertz CT molecular complexity index is 781. The maximum atomic E-state index is 12.6. The number of hydrogen-bond donors (Lipinski definition) is 1. The smallest absolute Gasteiger partial charge is 0.241 e. The summed E-state index contributed by atoms with van der Waals surface area (Å²) >= 11 is 0. The number of piperazine rings is 1. The number of carbonyl (C=O) groups is 1. The highest BCUT2D eigenvalue weighted by molar-refractivity contribution is 5.94. The van der Waals surface area contributed by atoms with Gasteiger partial charge in [0, 0.05) is 37.6 Å². The highest BCUT2D eigenvalue weighted by Gasteiger charge is 2.26. The summed E-state index contributed by atoms with van der Waals surface area (Å²) in [5, 5.41) is 3.00. The van der Waals surface area contributed by atoms with Crippen LogP contribution in [-0.2, 0) is 4.79 Å². The zero-order valence-corrected chi connectivity index (χ0v) is 16.7. The van der Waals surface area contributed by atoms with Crippen molar-refractivity contribution in [1.82, 2.24) is 4.90 Å². The largest absolute Gasteiger partial charge is 0.497 e. The average Bonchev–Trinajstić information content (AvgIpc) is 2.70. The Kier molecular flexibility index (Phi) is 6.01. The Balaban J connectivity index is 1.56. The molecule has 0 spiro atoms. The quantitative estimate of drug-likeness (QED) is 0.879. The number of anilines is 2. The van der Waals surface area contributed by atoms with E-state index in [1.54, 1.807) is 7.11 Å². The molecular weight excluding hydrogens is 338 g/mol. The molecule has 5 heteroatoms. The number of aryl methyl sites for hydroxylation is 1. The SMILES string of the molecule is COc1ccc(NC(=O)[C@H](C)N2CCN(c3cccc(C)c3C)CC2)cc1. The summed E-state index contributed by atoms with van der Waals surface area (Å²) < 4.78 is 5.15. The van der Waals surface area contributed by atoms with Crippen molar-refractivity contribution in [2.24, 2.45) is 0 Å². The second-order valence-corrected chi connectivity index (χ2v) is 7.14. The highest BCUT2D eigenvalue weighted by atomic mass is 16.5. The Hall–Kier alpha value is -2.53. The van der Waals surface area contributed by atoms with Crippen molar-refractivity contribution >= 4 is 17.3 Å². The van der Waals surface area contributed by atoms with Gasteiger partial charge in [-0.15, -0.1) is 0 Å². The summed E-state index contributed by atoms with van der Waals surface area (Å²) in [7, 11) is 1.63.